The minimum atomic E-state index is -0.664. The molecule has 0 aliphatic carbocycles. The van der Waals surface area contributed by atoms with Crippen LogP contribution in [-0.2, 0) is 0 Å². The Balaban J connectivity index is 3.66. The third-order valence-corrected chi connectivity index (χ3v) is 1.87. The van der Waals surface area contributed by atoms with Gasteiger partial charge < -0.3 is 10.2 Å². The number of hydrogen-bond donors (Lipinski definition) is 2. The molecule has 0 aliphatic heterocycles. The Kier molecular flexibility index (Phi) is 6.55. The summed E-state index contributed by atoms with van der Waals surface area (Å²) in [5, 5.41) is 18.8. The van der Waals surface area contributed by atoms with Crippen molar-refractivity contribution in [2.24, 2.45) is 0 Å². The van der Waals surface area contributed by atoms with E-state index in [2.05, 4.69) is 12.7 Å². The fraction of sp³-hybridized carbons (Fsp3) is 0.636. The first kappa shape index (κ1) is 12.4. The Bertz CT molecular complexity index is 169. The summed E-state index contributed by atoms with van der Waals surface area (Å²) in [6.45, 7) is 7.55. The van der Waals surface area contributed by atoms with E-state index in [9.17, 15) is 10.2 Å². The fourth-order valence-corrected chi connectivity index (χ4v) is 1.06. The van der Waals surface area contributed by atoms with E-state index >= 15 is 0 Å². The maximum atomic E-state index is 9.43. The lowest BCUT2D eigenvalue weighted by molar-refractivity contribution is 0.0174. The molecule has 0 bridgehead atoms. The Hall–Kier alpha value is -0.600. The molecule has 0 aliphatic rings. The second-order valence-electron chi connectivity index (χ2n) is 3.52. The van der Waals surface area contributed by atoms with Crippen LogP contribution in [0.15, 0.2) is 24.3 Å². The molecule has 0 aromatic heterocycles. The van der Waals surface area contributed by atoms with Crippen molar-refractivity contribution in [1.29, 1.82) is 0 Å². The van der Waals surface area contributed by atoms with E-state index in [0.29, 0.717) is 12.8 Å². The highest BCUT2D eigenvalue weighted by molar-refractivity contribution is 4.93. The van der Waals surface area contributed by atoms with Crippen molar-refractivity contribution in [1.82, 2.24) is 0 Å². The second-order valence-corrected chi connectivity index (χ2v) is 3.52. The summed E-state index contributed by atoms with van der Waals surface area (Å²) < 4.78 is 0. The van der Waals surface area contributed by atoms with Crippen molar-refractivity contribution < 1.29 is 10.2 Å². The summed E-state index contributed by atoms with van der Waals surface area (Å²) >= 11 is 0. The fourth-order valence-electron chi connectivity index (χ4n) is 1.06. The van der Waals surface area contributed by atoms with Crippen molar-refractivity contribution in [3.05, 3.63) is 24.3 Å². The molecule has 76 valence electrons. The van der Waals surface area contributed by atoms with Crippen molar-refractivity contribution in [2.75, 3.05) is 0 Å². The van der Waals surface area contributed by atoms with Crippen molar-refractivity contribution in [3.8, 4) is 0 Å². The van der Waals surface area contributed by atoms with Crippen molar-refractivity contribution >= 4 is 0 Å². The van der Waals surface area contributed by atoms with E-state index in [4.69, 9.17) is 0 Å². The molecular formula is C11H20O2. The maximum Gasteiger partial charge on any atom is 0.0833 e. The van der Waals surface area contributed by atoms with Gasteiger partial charge in [-0.1, -0.05) is 17.7 Å². The lowest BCUT2D eigenvalue weighted by Gasteiger charge is -2.15. The van der Waals surface area contributed by atoms with Gasteiger partial charge in [0.25, 0.3) is 0 Å². The average Bonchev–Trinajstić information content (AvgIpc) is 2.04. The molecule has 0 saturated carbocycles. The molecule has 0 saturated heterocycles. The van der Waals surface area contributed by atoms with Crippen LogP contribution in [0.5, 0.6) is 0 Å². The maximum absolute atomic E-state index is 9.43. The molecule has 0 aromatic rings. The Labute approximate surface area is 80.6 Å². The van der Waals surface area contributed by atoms with E-state index in [1.807, 2.05) is 13.8 Å². The van der Waals surface area contributed by atoms with E-state index in [0.717, 1.165) is 6.42 Å². The van der Waals surface area contributed by atoms with E-state index in [-0.39, 0.29) is 0 Å². The van der Waals surface area contributed by atoms with Crippen LogP contribution in [0.3, 0.4) is 0 Å². The SMILES string of the molecule is C=CC[C@@H](O)[C@@H](O)CCC=C(C)C. The molecule has 0 radical (unpaired) electrons. The Morgan fingerprint density at radius 1 is 1.31 bits per heavy atom. The minimum Gasteiger partial charge on any atom is -0.390 e. The quantitative estimate of drug-likeness (QED) is 0.620. The zero-order valence-corrected chi connectivity index (χ0v) is 8.53. The van der Waals surface area contributed by atoms with Crippen LogP contribution >= 0.6 is 0 Å². The zero-order chi connectivity index (χ0) is 10.3. The first-order valence-electron chi connectivity index (χ1n) is 4.68. The standard InChI is InChI=1S/C11H20O2/c1-4-6-10(12)11(13)8-5-7-9(2)3/h4,7,10-13H,1,5-6,8H2,2-3H3/t10-,11+/m1/s1. The van der Waals surface area contributed by atoms with Gasteiger partial charge in [0.05, 0.1) is 12.2 Å². The predicted molar refractivity (Wildman–Crippen MR) is 55.5 cm³/mol. The highest BCUT2D eigenvalue weighted by Gasteiger charge is 2.12. The number of rotatable bonds is 6. The molecule has 0 fully saturated rings. The van der Waals surface area contributed by atoms with Gasteiger partial charge in [-0.3, -0.25) is 0 Å². The Morgan fingerprint density at radius 3 is 2.38 bits per heavy atom. The summed E-state index contributed by atoms with van der Waals surface area (Å²) in [6.07, 6.45) is 4.27. The minimum absolute atomic E-state index is 0.454. The first-order chi connectivity index (χ1) is 6.07. The van der Waals surface area contributed by atoms with E-state index in [1.54, 1.807) is 6.08 Å². The van der Waals surface area contributed by atoms with Gasteiger partial charge in [-0.2, -0.15) is 0 Å². The molecule has 2 heteroatoms. The largest absolute Gasteiger partial charge is 0.390 e. The van der Waals surface area contributed by atoms with Crippen LogP contribution in [0.25, 0.3) is 0 Å². The number of aliphatic hydroxyl groups excluding tert-OH is 2. The van der Waals surface area contributed by atoms with Crippen molar-refractivity contribution in [2.45, 2.75) is 45.3 Å². The third kappa shape index (κ3) is 6.55. The van der Waals surface area contributed by atoms with Gasteiger partial charge in [0.1, 0.15) is 0 Å². The number of hydrogen-bond acceptors (Lipinski definition) is 2. The molecule has 0 aromatic carbocycles. The zero-order valence-electron chi connectivity index (χ0n) is 8.53. The molecular weight excluding hydrogens is 164 g/mol. The van der Waals surface area contributed by atoms with Gasteiger partial charge in [-0.25, -0.2) is 0 Å². The monoisotopic (exact) mass is 184 g/mol. The van der Waals surface area contributed by atoms with Gasteiger partial charge >= 0.3 is 0 Å². The average molecular weight is 184 g/mol. The first-order valence-corrected chi connectivity index (χ1v) is 4.68. The summed E-state index contributed by atoms with van der Waals surface area (Å²) in [6, 6.07) is 0. The Morgan fingerprint density at radius 2 is 1.92 bits per heavy atom. The topological polar surface area (TPSA) is 40.5 Å². The molecule has 0 rings (SSSR count). The highest BCUT2D eigenvalue weighted by atomic mass is 16.3. The molecule has 0 spiro atoms. The van der Waals surface area contributed by atoms with E-state index in [1.165, 1.54) is 5.57 Å². The van der Waals surface area contributed by atoms with E-state index < -0.39 is 12.2 Å². The van der Waals surface area contributed by atoms with Gasteiger partial charge in [0.15, 0.2) is 0 Å². The van der Waals surface area contributed by atoms with Gasteiger partial charge in [0, 0.05) is 0 Å². The molecule has 2 nitrogen and oxygen atoms in total. The summed E-state index contributed by atoms with van der Waals surface area (Å²) in [7, 11) is 0. The van der Waals surface area contributed by atoms with Crippen LogP contribution in [0.2, 0.25) is 0 Å². The summed E-state index contributed by atoms with van der Waals surface area (Å²) in [5.74, 6) is 0. The highest BCUT2D eigenvalue weighted by Crippen LogP contribution is 2.08. The molecule has 0 amide bonds. The van der Waals surface area contributed by atoms with Crippen LogP contribution in [0.1, 0.15) is 33.1 Å². The summed E-state index contributed by atoms with van der Waals surface area (Å²) in [4.78, 5) is 0. The van der Waals surface area contributed by atoms with Crippen LogP contribution in [0.4, 0.5) is 0 Å². The number of aliphatic hydroxyl groups is 2. The second kappa shape index (κ2) is 6.87. The number of allylic oxidation sites excluding steroid dienone is 2. The van der Waals surface area contributed by atoms with Crippen LogP contribution in [0, 0.1) is 0 Å². The van der Waals surface area contributed by atoms with Crippen molar-refractivity contribution in [3.63, 3.8) is 0 Å². The third-order valence-electron chi connectivity index (χ3n) is 1.87. The van der Waals surface area contributed by atoms with Gasteiger partial charge in [0.2, 0.25) is 0 Å². The van der Waals surface area contributed by atoms with Gasteiger partial charge in [-0.05, 0) is 33.1 Å². The normalized spacial score (nSPS) is 14.8. The van der Waals surface area contributed by atoms with Crippen LogP contribution in [-0.4, -0.2) is 22.4 Å². The molecule has 2 atom stereocenters. The lowest BCUT2D eigenvalue weighted by Crippen LogP contribution is -2.24. The predicted octanol–water partition coefficient (Wildman–Crippen LogP) is 2.03. The molecule has 0 unspecified atom stereocenters. The smallest absolute Gasteiger partial charge is 0.0833 e. The lowest BCUT2D eigenvalue weighted by atomic mass is 10.1. The van der Waals surface area contributed by atoms with Gasteiger partial charge in [-0.15, -0.1) is 6.58 Å². The molecule has 0 heterocycles. The molecule has 2 N–H and O–H groups in total. The summed E-state index contributed by atoms with van der Waals surface area (Å²) in [5.41, 5.74) is 1.24. The van der Waals surface area contributed by atoms with Crippen LogP contribution < -0.4 is 0 Å². The molecule has 13 heavy (non-hydrogen) atoms.